The van der Waals surface area contributed by atoms with Gasteiger partial charge in [0, 0.05) is 6.20 Å². The van der Waals surface area contributed by atoms with Gasteiger partial charge in [0.1, 0.15) is 24.3 Å². The normalized spacial score (nSPS) is 17.8. The molecule has 3 N–H and O–H groups in total. The molecule has 0 saturated heterocycles. The highest BCUT2D eigenvalue weighted by molar-refractivity contribution is 5.98. The van der Waals surface area contributed by atoms with Crippen LogP contribution in [0.1, 0.15) is 31.6 Å². The van der Waals surface area contributed by atoms with Gasteiger partial charge in [-0.25, -0.2) is 4.79 Å². The Labute approximate surface area is 182 Å². The Morgan fingerprint density at radius 1 is 1.19 bits per heavy atom. The van der Waals surface area contributed by atoms with E-state index in [1.807, 2.05) is 0 Å². The number of benzene rings is 1. The van der Waals surface area contributed by atoms with Crippen LogP contribution in [0.15, 0.2) is 58.6 Å². The fraction of sp³-hybridized carbons (Fsp3) is 0.286. The molecule has 1 aromatic heterocycles. The third kappa shape index (κ3) is 6.01. The molecule has 11 heteroatoms. The molecule has 2 atom stereocenters. The molecule has 0 amide bonds. The molecule has 11 nitrogen and oxygen atoms in total. The summed E-state index contributed by atoms with van der Waals surface area (Å²) in [7, 11) is 0. The zero-order chi connectivity index (χ0) is 23.1. The zero-order valence-corrected chi connectivity index (χ0v) is 17.2. The molecule has 0 bridgehead atoms. The van der Waals surface area contributed by atoms with E-state index in [2.05, 4.69) is 10.1 Å². The van der Waals surface area contributed by atoms with Crippen LogP contribution >= 0.6 is 0 Å². The van der Waals surface area contributed by atoms with Gasteiger partial charge in [-0.05, 0) is 48.9 Å². The van der Waals surface area contributed by atoms with Crippen LogP contribution in [-0.2, 0) is 19.1 Å². The minimum atomic E-state index is -0.673. The van der Waals surface area contributed by atoms with E-state index in [9.17, 15) is 14.4 Å². The lowest BCUT2D eigenvalue weighted by Crippen LogP contribution is -2.28. The van der Waals surface area contributed by atoms with Crippen LogP contribution in [0.4, 0.5) is 5.82 Å². The first kappa shape index (κ1) is 22.7. The van der Waals surface area contributed by atoms with Gasteiger partial charge in [0.25, 0.3) is 0 Å². The number of carbonyl (C=O) groups is 2. The summed E-state index contributed by atoms with van der Waals surface area (Å²) in [6.07, 6.45) is 3.26. The molecule has 1 aromatic carbocycles. The third-order valence-electron chi connectivity index (χ3n) is 4.53. The summed E-state index contributed by atoms with van der Waals surface area (Å²) in [5, 5.41) is 11.8. The van der Waals surface area contributed by atoms with E-state index in [-0.39, 0.29) is 25.3 Å². The Morgan fingerprint density at radius 2 is 1.91 bits per heavy atom. The molecule has 1 aliphatic rings. The van der Waals surface area contributed by atoms with E-state index < -0.39 is 30.0 Å². The van der Waals surface area contributed by atoms with Crippen molar-refractivity contribution in [2.45, 2.75) is 32.1 Å². The van der Waals surface area contributed by atoms with E-state index in [0.717, 1.165) is 0 Å². The Balaban J connectivity index is 1.38. The van der Waals surface area contributed by atoms with Crippen LogP contribution in [0.2, 0.25) is 0 Å². The Kier molecular flexibility index (Phi) is 7.34. The van der Waals surface area contributed by atoms with E-state index >= 15 is 0 Å². The SMILES string of the molecule is C/C(=N\O)c1ccc(OC(=O)CCC(=O)OCC2C=CC(n3ccc(N)nc3=O)O2)cc1. The number of nitrogens with zero attached hydrogens (tertiary/aromatic N) is 3. The summed E-state index contributed by atoms with van der Waals surface area (Å²) in [6, 6.07) is 7.88. The number of anilines is 1. The summed E-state index contributed by atoms with van der Waals surface area (Å²) < 4.78 is 17.2. The molecule has 0 fully saturated rings. The predicted molar refractivity (Wildman–Crippen MR) is 112 cm³/mol. The Bertz CT molecular complexity index is 1090. The van der Waals surface area contributed by atoms with Crippen LogP contribution in [0.5, 0.6) is 5.75 Å². The first-order valence-corrected chi connectivity index (χ1v) is 9.69. The summed E-state index contributed by atoms with van der Waals surface area (Å²) in [5.74, 6) is -0.755. The number of ether oxygens (including phenoxy) is 3. The van der Waals surface area contributed by atoms with Crippen molar-refractivity contribution >= 4 is 23.5 Å². The van der Waals surface area contributed by atoms with Gasteiger partial charge in [0.2, 0.25) is 0 Å². The summed E-state index contributed by atoms with van der Waals surface area (Å²) in [5.41, 5.74) is 6.02. The molecule has 2 heterocycles. The van der Waals surface area contributed by atoms with Crippen molar-refractivity contribution in [3.8, 4) is 5.75 Å². The van der Waals surface area contributed by atoms with Crippen LogP contribution in [-0.4, -0.2) is 45.1 Å². The van der Waals surface area contributed by atoms with Crippen LogP contribution in [0.25, 0.3) is 0 Å². The number of hydrogen-bond acceptors (Lipinski definition) is 10. The fourth-order valence-corrected chi connectivity index (χ4v) is 2.82. The van der Waals surface area contributed by atoms with E-state index in [0.29, 0.717) is 17.0 Å². The Morgan fingerprint density at radius 3 is 2.59 bits per heavy atom. The first-order chi connectivity index (χ1) is 15.4. The number of esters is 2. The lowest BCUT2D eigenvalue weighted by molar-refractivity contribution is -0.150. The second-order valence-electron chi connectivity index (χ2n) is 6.86. The van der Waals surface area contributed by atoms with Crippen molar-refractivity contribution in [3.05, 3.63) is 64.7 Å². The number of carbonyl (C=O) groups excluding carboxylic acids is 2. The van der Waals surface area contributed by atoms with Gasteiger partial charge >= 0.3 is 17.6 Å². The van der Waals surface area contributed by atoms with Gasteiger partial charge in [-0.1, -0.05) is 11.2 Å². The minimum absolute atomic E-state index is 0.0642. The van der Waals surface area contributed by atoms with Crippen molar-refractivity contribution in [1.29, 1.82) is 0 Å². The van der Waals surface area contributed by atoms with Crippen molar-refractivity contribution in [3.63, 3.8) is 0 Å². The van der Waals surface area contributed by atoms with E-state index in [1.165, 1.54) is 16.8 Å². The number of oxime groups is 1. The highest BCUT2D eigenvalue weighted by Crippen LogP contribution is 2.20. The smallest absolute Gasteiger partial charge is 0.351 e. The molecule has 0 saturated carbocycles. The van der Waals surface area contributed by atoms with Gasteiger partial charge in [-0.15, -0.1) is 0 Å². The van der Waals surface area contributed by atoms with Gasteiger partial charge in [0.15, 0.2) is 6.23 Å². The average Bonchev–Trinajstić information content (AvgIpc) is 3.25. The van der Waals surface area contributed by atoms with Crippen LogP contribution < -0.4 is 16.2 Å². The van der Waals surface area contributed by atoms with E-state index in [4.69, 9.17) is 25.2 Å². The van der Waals surface area contributed by atoms with Gasteiger partial charge < -0.3 is 25.2 Å². The molecule has 0 aliphatic carbocycles. The minimum Gasteiger partial charge on any atom is -0.463 e. The molecule has 3 rings (SSSR count). The number of aromatic nitrogens is 2. The molecule has 2 aromatic rings. The maximum Gasteiger partial charge on any atom is 0.351 e. The second-order valence-corrected chi connectivity index (χ2v) is 6.86. The molecule has 1 aliphatic heterocycles. The van der Waals surface area contributed by atoms with Crippen LogP contribution in [0.3, 0.4) is 0 Å². The zero-order valence-electron chi connectivity index (χ0n) is 17.2. The molecule has 0 radical (unpaired) electrons. The van der Waals surface area contributed by atoms with Gasteiger partial charge in [-0.3, -0.25) is 14.2 Å². The number of rotatable bonds is 8. The average molecular weight is 442 g/mol. The molecular formula is C21H22N4O7. The lowest BCUT2D eigenvalue weighted by atomic mass is 10.1. The quantitative estimate of drug-likeness (QED) is 0.154. The monoisotopic (exact) mass is 442 g/mol. The molecule has 0 spiro atoms. The van der Waals surface area contributed by atoms with Crippen molar-refractivity contribution in [1.82, 2.24) is 9.55 Å². The third-order valence-corrected chi connectivity index (χ3v) is 4.53. The molecule has 32 heavy (non-hydrogen) atoms. The van der Waals surface area contributed by atoms with Crippen molar-refractivity contribution in [2.24, 2.45) is 5.16 Å². The van der Waals surface area contributed by atoms with Crippen molar-refractivity contribution < 1.29 is 29.0 Å². The fourth-order valence-electron chi connectivity index (χ4n) is 2.82. The van der Waals surface area contributed by atoms with Crippen molar-refractivity contribution in [2.75, 3.05) is 12.3 Å². The second kappa shape index (κ2) is 10.4. The van der Waals surface area contributed by atoms with E-state index in [1.54, 1.807) is 43.3 Å². The number of hydrogen-bond donors (Lipinski definition) is 2. The standard InChI is InChI=1S/C21H22N4O7/c1-13(24-29)14-2-4-15(5-3-14)32-20(27)9-8-19(26)30-12-16-6-7-18(31-16)25-11-10-17(22)23-21(25)28/h2-7,10-11,16,18,29H,8-9,12H2,1H3,(H2,22,23,28)/b24-13+. The number of nitrogens with two attached hydrogens (primary N) is 1. The highest BCUT2D eigenvalue weighted by Gasteiger charge is 2.23. The van der Waals surface area contributed by atoms with Gasteiger partial charge in [0.05, 0.1) is 18.6 Å². The van der Waals surface area contributed by atoms with Crippen LogP contribution in [0, 0.1) is 0 Å². The summed E-state index contributed by atoms with van der Waals surface area (Å²) in [4.78, 5) is 39.3. The predicted octanol–water partition coefficient (Wildman–Crippen LogP) is 1.41. The largest absolute Gasteiger partial charge is 0.463 e. The maximum absolute atomic E-state index is 11.9. The molecule has 2 unspecified atom stereocenters. The topological polar surface area (TPSA) is 155 Å². The van der Waals surface area contributed by atoms with Gasteiger partial charge in [-0.2, -0.15) is 4.98 Å². The Hall–Kier alpha value is -3.99. The summed E-state index contributed by atoms with van der Waals surface area (Å²) >= 11 is 0. The lowest BCUT2D eigenvalue weighted by Gasteiger charge is -2.16. The molecular weight excluding hydrogens is 420 g/mol. The maximum atomic E-state index is 11.9. The first-order valence-electron chi connectivity index (χ1n) is 9.69. The molecule has 168 valence electrons. The number of nitrogen functional groups attached to an aromatic ring is 1. The highest BCUT2D eigenvalue weighted by atomic mass is 16.6. The summed E-state index contributed by atoms with van der Waals surface area (Å²) in [6.45, 7) is 1.57.